The summed E-state index contributed by atoms with van der Waals surface area (Å²) in [7, 11) is 0. The van der Waals surface area contributed by atoms with Crippen LogP contribution >= 0.6 is 11.8 Å². The summed E-state index contributed by atoms with van der Waals surface area (Å²) >= 11 is 1.78. The molecule has 0 atom stereocenters. The van der Waals surface area contributed by atoms with Crippen LogP contribution in [0.3, 0.4) is 0 Å². The molecule has 1 aliphatic heterocycles. The largest absolute Gasteiger partial charge is 1.00 e. The Morgan fingerprint density at radius 1 is 1.83 bits per heavy atom. The van der Waals surface area contributed by atoms with Crippen molar-refractivity contribution in [3.05, 3.63) is 0 Å². The van der Waals surface area contributed by atoms with Crippen LogP contribution in [-0.2, 0) is 0 Å². The Morgan fingerprint density at radius 2 is 2.67 bits per heavy atom. The third-order valence-electron chi connectivity index (χ3n) is 0.487. The van der Waals surface area contributed by atoms with Gasteiger partial charge < -0.3 is 1.43 Å². The smallest absolute Gasteiger partial charge is 1.00 e. The average molecular weight is 127 g/mol. The summed E-state index contributed by atoms with van der Waals surface area (Å²) in [6, 6.07) is 0. The van der Waals surface area contributed by atoms with Crippen molar-refractivity contribution < 1.29 is 52.8 Å². The van der Waals surface area contributed by atoms with E-state index < -0.39 is 0 Å². The number of hydrogen-bond donors (Lipinski definition) is 0. The zero-order valence-electron chi connectivity index (χ0n) is 4.85. The molecule has 0 aromatic carbocycles. The predicted octanol–water partition coefficient (Wildman–Crippen LogP) is -2.12. The Morgan fingerprint density at radius 3 is 2.83 bits per heavy atom. The van der Waals surface area contributed by atoms with Gasteiger partial charge >= 0.3 is 51.4 Å². The predicted molar refractivity (Wildman–Crippen MR) is 26.9 cm³/mol. The fourth-order valence-corrected chi connectivity index (χ4v) is 0.791. The monoisotopic (exact) mass is 127 g/mol. The molecule has 0 aromatic rings. The normalized spacial score (nSPS) is 17.3. The topological polar surface area (TPSA) is 12.4 Å². The molecule has 0 spiro atoms. The molecule has 0 saturated carbocycles. The summed E-state index contributed by atoms with van der Waals surface area (Å²) in [6.07, 6.45) is 0. The van der Waals surface area contributed by atoms with Gasteiger partial charge in [0.05, 0.1) is 5.55 Å². The van der Waals surface area contributed by atoms with Crippen LogP contribution < -0.4 is 51.4 Å². The molecule has 0 fully saturated rings. The molecule has 1 rings (SSSR count). The Kier molecular flexibility index (Phi) is 6.13. The maximum atomic E-state index is 3.92. The van der Waals surface area contributed by atoms with Crippen LogP contribution in [0.2, 0.25) is 0 Å². The van der Waals surface area contributed by atoms with E-state index >= 15 is 0 Å². The van der Waals surface area contributed by atoms with E-state index in [9.17, 15) is 0 Å². The first-order valence-corrected chi connectivity index (χ1v) is 2.65. The van der Waals surface area contributed by atoms with Crippen molar-refractivity contribution >= 4 is 17.3 Å². The van der Waals surface area contributed by atoms with Crippen LogP contribution in [0.5, 0.6) is 0 Å². The van der Waals surface area contributed by atoms with E-state index in [2.05, 4.69) is 4.99 Å². The van der Waals surface area contributed by atoms with Crippen molar-refractivity contribution in [3.8, 4) is 0 Å². The Labute approximate surface area is 85.9 Å². The van der Waals surface area contributed by atoms with Gasteiger partial charge in [-0.1, -0.05) is 0 Å². The van der Waals surface area contributed by atoms with E-state index in [-0.39, 0.29) is 52.8 Å². The van der Waals surface area contributed by atoms with Crippen molar-refractivity contribution in [2.24, 2.45) is 4.99 Å². The standard InChI is InChI=1S/C3H5NS.K.H/c1-2-5-3-4-1;;/h3H,1-2H2;;/q;+1;-1. The van der Waals surface area contributed by atoms with Crippen LogP contribution in [0, 0.1) is 0 Å². The number of rotatable bonds is 0. The second-order valence-electron chi connectivity index (χ2n) is 0.882. The molecule has 0 aliphatic carbocycles. The molecular weight excluding hydrogens is 121 g/mol. The molecule has 0 bridgehead atoms. The third kappa shape index (κ3) is 2.77. The molecule has 1 heterocycles. The average Bonchev–Trinajstić information content (AvgIpc) is 1.76. The van der Waals surface area contributed by atoms with Gasteiger partial charge in [-0.2, -0.15) is 0 Å². The first-order valence-electron chi connectivity index (χ1n) is 1.60. The minimum absolute atomic E-state index is 0. The molecule has 3 heteroatoms. The summed E-state index contributed by atoms with van der Waals surface area (Å²) in [5, 5.41) is 0. The molecule has 0 amide bonds. The maximum Gasteiger partial charge on any atom is 1.00 e. The van der Waals surface area contributed by atoms with Gasteiger partial charge in [0.15, 0.2) is 0 Å². The number of aliphatic imine (C=N–C) groups is 1. The maximum absolute atomic E-state index is 3.92. The second kappa shape index (κ2) is 4.81. The van der Waals surface area contributed by atoms with Crippen LogP contribution in [0.25, 0.3) is 0 Å². The SMILES string of the molecule is C1=NCCS1.[H-].[K+]. The fourth-order valence-electron chi connectivity index (χ4n) is 0.264. The molecule has 0 unspecified atom stereocenters. The van der Waals surface area contributed by atoms with Crippen molar-refractivity contribution in [2.75, 3.05) is 12.3 Å². The third-order valence-corrected chi connectivity index (χ3v) is 1.20. The molecule has 0 saturated heterocycles. The van der Waals surface area contributed by atoms with E-state index in [0.717, 1.165) is 6.54 Å². The van der Waals surface area contributed by atoms with E-state index in [1.165, 1.54) is 5.75 Å². The Hall–Kier alpha value is 1.66. The number of thioether (sulfide) groups is 1. The summed E-state index contributed by atoms with van der Waals surface area (Å²) < 4.78 is 0. The molecular formula is C3H6KNS. The molecule has 1 nitrogen and oxygen atoms in total. The molecule has 0 aromatic heterocycles. The number of nitrogens with zero attached hydrogens (tertiary/aromatic N) is 1. The van der Waals surface area contributed by atoms with Gasteiger partial charge in [0, 0.05) is 12.3 Å². The van der Waals surface area contributed by atoms with E-state index in [4.69, 9.17) is 0 Å². The molecule has 0 radical (unpaired) electrons. The zero-order valence-corrected chi connectivity index (χ0v) is 7.79. The van der Waals surface area contributed by atoms with Gasteiger partial charge in [-0.15, -0.1) is 11.8 Å². The number of hydrogen-bond acceptors (Lipinski definition) is 2. The second-order valence-corrected chi connectivity index (χ2v) is 1.83. The first kappa shape index (κ1) is 7.66. The van der Waals surface area contributed by atoms with Crippen molar-refractivity contribution in [2.45, 2.75) is 0 Å². The molecule has 6 heavy (non-hydrogen) atoms. The van der Waals surface area contributed by atoms with Gasteiger partial charge in [0.25, 0.3) is 0 Å². The quantitative estimate of drug-likeness (QED) is 0.339. The Balaban J connectivity index is 0. The molecule has 30 valence electrons. The Bertz CT molecular complexity index is 52.9. The fraction of sp³-hybridized carbons (Fsp3) is 0.667. The zero-order chi connectivity index (χ0) is 3.54. The van der Waals surface area contributed by atoms with Crippen molar-refractivity contribution in [1.82, 2.24) is 0 Å². The van der Waals surface area contributed by atoms with E-state index in [1.807, 2.05) is 5.55 Å². The molecule has 1 aliphatic rings. The minimum Gasteiger partial charge on any atom is -1.00 e. The van der Waals surface area contributed by atoms with Crippen molar-refractivity contribution in [3.63, 3.8) is 0 Å². The van der Waals surface area contributed by atoms with Gasteiger partial charge in [-0.25, -0.2) is 0 Å². The van der Waals surface area contributed by atoms with Gasteiger partial charge in [0.1, 0.15) is 0 Å². The van der Waals surface area contributed by atoms with Crippen LogP contribution in [-0.4, -0.2) is 17.8 Å². The van der Waals surface area contributed by atoms with E-state index in [0.29, 0.717) is 0 Å². The van der Waals surface area contributed by atoms with Crippen LogP contribution in [0.15, 0.2) is 4.99 Å². The summed E-state index contributed by atoms with van der Waals surface area (Å²) in [5.74, 6) is 1.19. The summed E-state index contributed by atoms with van der Waals surface area (Å²) in [5.41, 5.74) is 1.90. The van der Waals surface area contributed by atoms with Crippen molar-refractivity contribution in [1.29, 1.82) is 0 Å². The van der Waals surface area contributed by atoms with Gasteiger partial charge in [-0.3, -0.25) is 4.99 Å². The van der Waals surface area contributed by atoms with E-state index in [1.54, 1.807) is 11.8 Å². The van der Waals surface area contributed by atoms with Gasteiger partial charge in [-0.05, 0) is 0 Å². The van der Waals surface area contributed by atoms with Gasteiger partial charge in [0.2, 0.25) is 0 Å². The minimum atomic E-state index is 0. The van der Waals surface area contributed by atoms with Crippen LogP contribution in [0.4, 0.5) is 0 Å². The van der Waals surface area contributed by atoms with Crippen LogP contribution in [0.1, 0.15) is 1.43 Å². The first-order chi connectivity index (χ1) is 2.50. The summed E-state index contributed by atoms with van der Waals surface area (Å²) in [4.78, 5) is 3.92. The molecule has 0 N–H and O–H groups in total. The summed E-state index contributed by atoms with van der Waals surface area (Å²) in [6.45, 7) is 1.03.